The molecule has 0 amide bonds. The van der Waals surface area contributed by atoms with Crippen LogP contribution >= 0.6 is 0 Å². The average Bonchev–Trinajstić information content (AvgIpc) is 3.02. The first kappa shape index (κ1) is 19.7. The quantitative estimate of drug-likeness (QED) is 0.480. The summed E-state index contributed by atoms with van der Waals surface area (Å²) in [6, 6.07) is 0. The smallest absolute Gasteiger partial charge is 0.161 e. The fourth-order valence-electron chi connectivity index (χ4n) is 8.88. The Labute approximate surface area is 167 Å². The summed E-state index contributed by atoms with van der Waals surface area (Å²) < 4.78 is 0. The third-order valence-corrected chi connectivity index (χ3v) is 10.6. The minimum atomic E-state index is 0.245. The second kappa shape index (κ2) is 7.03. The Hall–Kier alpha value is -0.590. The van der Waals surface area contributed by atoms with Gasteiger partial charge in [-0.2, -0.15) is 0 Å². The monoisotopic (exact) mass is 370 g/mol. The third-order valence-electron chi connectivity index (χ3n) is 10.6. The van der Waals surface area contributed by atoms with E-state index in [2.05, 4.69) is 33.8 Å². The number of carbonyl (C=O) groups excluding carboxylic acids is 1. The standard InChI is InChI=1S/C26H42O/c1-6-17(3)24(27)23-16-22-20(21-14-12-18(7-2)26(21,23)5)13-11-19-10-8-9-15-25(19,22)4/h6,18-23H,7-16H2,1-5H3/t18-,19?,20-,21-,22-,23?,25-,26+/m0/s1. The maximum absolute atomic E-state index is 13.6. The summed E-state index contributed by atoms with van der Waals surface area (Å²) in [5.41, 5.74) is 1.77. The zero-order valence-electron chi connectivity index (χ0n) is 18.5. The highest BCUT2D eigenvalue weighted by atomic mass is 16.1. The molecule has 4 saturated carbocycles. The van der Waals surface area contributed by atoms with Crippen molar-refractivity contribution in [2.75, 3.05) is 0 Å². The molecule has 0 aromatic rings. The van der Waals surface area contributed by atoms with Crippen molar-refractivity contribution in [2.24, 2.45) is 46.3 Å². The molecular formula is C26H42O. The van der Waals surface area contributed by atoms with Gasteiger partial charge >= 0.3 is 0 Å². The maximum Gasteiger partial charge on any atom is 0.161 e. The molecule has 0 spiro atoms. The molecule has 0 radical (unpaired) electrons. The predicted molar refractivity (Wildman–Crippen MR) is 113 cm³/mol. The zero-order valence-corrected chi connectivity index (χ0v) is 18.5. The van der Waals surface area contributed by atoms with Gasteiger partial charge in [0.1, 0.15) is 0 Å². The first-order valence-electron chi connectivity index (χ1n) is 12.0. The van der Waals surface area contributed by atoms with E-state index in [1.807, 2.05) is 6.92 Å². The molecule has 4 fully saturated rings. The average molecular weight is 371 g/mol. The van der Waals surface area contributed by atoms with Crippen LogP contribution in [0.3, 0.4) is 0 Å². The van der Waals surface area contributed by atoms with Crippen LogP contribution in [0.15, 0.2) is 11.6 Å². The van der Waals surface area contributed by atoms with Crippen molar-refractivity contribution in [2.45, 2.75) is 98.8 Å². The summed E-state index contributed by atoms with van der Waals surface area (Å²) in [6.07, 6.45) is 15.9. The molecule has 0 saturated heterocycles. The van der Waals surface area contributed by atoms with Crippen molar-refractivity contribution < 1.29 is 4.79 Å². The van der Waals surface area contributed by atoms with Gasteiger partial charge in [-0.1, -0.05) is 46.1 Å². The molecule has 0 aliphatic heterocycles. The van der Waals surface area contributed by atoms with Gasteiger partial charge in [0.05, 0.1) is 0 Å². The van der Waals surface area contributed by atoms with Gasteiger partial charge < -0.3 is 0 Å². The van der Waals surface area contributed by atoms with E-state index in [1.165, 1.54) is 64.2 Å². The lowest BCUT2D eigenvalue weighted by Crippen LogP contribution is -2.57. The highest BCUT2D eigenvalue weighted by molar-refractivity contribution is 5.97. The Morgan fingerprint density at radius 2 is 1.81 bits per heavy atom. The first-order chi connectivity index (χ1) is 12.9. The number of carbonyl (C=O) groups is 1. The Kier molecular flexibility index (Phi) is 5.13. The Balaban J connectivity index is 1.75. The lowest BCUT2D eigenvalue weighted by Gasteiger charge is -2.62. The van der Waals surface area contributed by atoms with Crippen LogP contribution in [0.4, 0.5) is 0 Å². The van der Waals surface area contributed by atoms with E-state index in [9.17, 15) is 4.79 Å². The van der Waals surface area contributed by atoms with E-state index in [-0.39, 0.29) is 11.3 Å². The number of allylic oxidation sites excluding steroid dienone is 2. The number of fused-ring (bicyclic) bond motifs is 5. The molecule has 4 rings (SSSR count). The summed E-state index contributed by atoms with van der Waals surface area (Å²) in [7, 11) is 0. The summed E-state index contributed by atoms with van der Waals surface area (Å²) in [4.78, 5) is 13.6. The maximum atomic E-state index is 13.6. The number of hydrogen-bond donors (Lipinski definition) is 0. The molecule has 0 aromatic carbocycles. The lowest BCUT2D eigenvalue weighted by molar-refractivity contribution is -0.154. The molecule has 2 unspecified atom stereocenters. The molecule has 1 heteroatoms. The topological polar surface area (TPSA) is 17.1 Å². The molecule has 0 N–H and O–H groups in total. The molecular weight excluding hydrogens is 328 g/mol. The van der Waals surface area contributed by atoms with Gasteiger partial charge in [0, 0.05) is 5.92 Å². The van der Waals surface area contributed by atoms with E-state index in [1.54, 1.807) is 0 Å². The van der Waals surface area contributed by atoms with Crippen LogP contribution in [0.25, 0.3) is 0 Å². The van der Waals surface area contributed by atoms with Crippen LogP contribution < -0.4 is 0 Å². The summed E-state index contributed by atoms with van der Waals surface area (Å²) in [6.45, 7) is 11.6. The molecule has 8 atom stereocenters. The fourth-order valence-corrected chi connectivity index (χ4v) is 8.88. The zero-order chi connectivity index (χ0) is 19.4. The number of rotatable bonds is 3. The molecule has 27 heavy (non-hydrogen) atoms. The molecule has 152 valence electrons. The second-order valence-corrected chi connectivity index (χ2v) is 11.1. The van der Waals surface area contributed by atoms with Gasteiger partial charge in [-0.25, -0.2) is 0 Å². The van der Waals surface area contributed by atoms with Crippen LogP contribution in [-0.2, 0) is 4.79 Å². The van der Waals surface area contributed by atoms with Gasteiger partial charge in [-0.05, 0) is 105 Å². The van der Waals surface area contributed by atoms with Gasteiger partial charge in [-0.15, -0.1) is 0 Å². The van der Waals surface area contributed by atoms with Crippen molar-refractivity contribution >= 4 is 5.78 Å². The van der Waals surface area contributed by atoms with Crippen molar-refractivity contribution in [1.29, 1.82) is 0 Å². The van der Waals surface area contributed by atoms with Crippen molar-refractivity contribution in [3.8, 4) is 0 Å². The minimum Gasteiger partial charge on any atom is -0.294 e. The molecule has 1 nitrogen and oxygen atoms in total. The largest absolute Gasteiger partial charge is 0.294 e. The summed E-state index contributed by atoms with van der Waals surface area (Å²) in [5, 5.41) is 0. The normalized spacial score (nSPS) is 49.9. The van der Waals surface area contributed by atoms with Crippen molar-refractivity contribution in [3.63, 3.8) is 0 Å². The lowest BCUT2D eigenvalue weighted by atomic mass is 9.42. The predicted octanol–water partition coefficient (Wildman–Crippen LogP) is 7.21. The van der Waals surface area contributed by atoms with E-state index in [0.717, 1.165) is 35.2 Å². The van der Waals surface area contributed by atoms with Gasteiger partial charge in [0.25, 0.3) is 0 Å². The van der Waals surface area contributed by atoms with Crippen molar-refractivity contribution in [3.05, 3.63) is 11.6 Å². The number of hydrogen-bond acceptors (Lipinski definition) is 1. The SMILES string of the molecule is CC=C(C)C(=O)C1C[C@H]2[C@@H](CCC3CCCC[C@@]32C)[C@@H]2CC[C@H](CC)[C@@]12C. The molecule has 0 aromatic heterocycles. The molecule has 0 heterocycles. The molecule has 4 aliphatic rings. The van der Waals surface area contributed by atoms with Crippen LogP contribution in [0.1, 0.15) is 98.8 Å². The Morgan fingerprint density at radius 1 is 1.04 bits per heavy atom. The van der Waals surface area contributed by atoms with E-state index < -0.39 is 0 Å². The van der Waals surface area contributed by atoms with E-state index >= 15 is 0 Å². The number of Topliss-reactive ketones (excluding diaryl/α,β-unsaturated/α-hetero) is 1. The first-order valence-corrected chi connectivity index (χ1v) is 12.0. The fraction of sp³-hybridized carbons (Fsp3) is 0.885. The van der Waals surface area contributed by atoms with Gasteiger partial charge in [0.2, 0.25) is 0 Å². The van der Waals surface area contributed by atoms with Crippen LogP contribution in [0.5, 0.6) is 0 Å². The molecule has 0 bridgehead atoms. The van der Waals surface area contributed by atoms with Crippen molar-refractivity contribution in [1.82, 2.24) is 0 Å². The molecule has 4 aliphatic carbocycles. The Bertz CT molecular complexity index is 618. The van der Waals surface area contributed by atoms with E-state index in [4.69, 9.17) is 0 Å². The van der Waals surface area contributed by atoms with E-state index in [0.29, 0.717) is 11.2 Å². The second-order valence-electron chi connectivity index (χ2n) is 11.1. The van der Waals surface area contributed by atoms with Crippen LogP contribution in [-0.4, -0.2) is 5.78 Å². The highest BCUT2D eigenvalue weighted by Gasteiger charge is 2.63. The minimum absolute atomic E-state index is 0.245. The summed E-state index contributed by atoms with van der Waals surface area (Å²) >= 11 is 0. The van der Waals surface area contributed by atoms with Gasteiger partial charge in [-0.3, -0.25) is 4.79 Å². The third kappa shape index (κ3) is 2.73. The van der Waals surface area contributed by atoms with Gasteiger partial charge in [0.15, 0.2) is 5.78 Å². The summed E-state index contributed by atoms with van der Waals surface area (Å²) in [5.74, 6) is 4.91. The Morgan fingerprint density at radius 3 is 2.52 bits per heavy atom. The van der Waals surface area contributed by atoms with Crippen LogP contribution in [0, 0.1) is 46.3 Å². The number of ketones is 1. The highest BCUT2D eigenvalue weighted by Crippen LogP contribution is 2.69. The van der Waals surface area contributed by atoms with Crippen LogP contribution in [0.2, 0.25) is 0 Å².